The highest BCUT2D eigenvalue weighted by Crippen LogP contribution is 2.28. The highest BCUT2D eigenvalue weighted by molar-refractivity contribution is 6.03. The molecule has 0 aromatic heterocycles. The fourth-order valence-corrected chi connectivity index (χ4v) is 3.90. The van der Waals surface area contributed by atoms with E-state index in [0.29, 0.717) is 11.3 Å². The number of Topliss-reactive ketones (excluding diaryl/α,β-unsaturated/α-hetero) is 2. The summed E-state index contributed by atoms with van der Waals surface area (Å²) in [6, 6.07) is 9.63. The van der Waals surface area contributed by atoms with Gasteiger partial charge in [0.15, 0.2) is 5.78 Å². The maximum absolute atomic E-state index is 12.9. The number of nitrogens with one attached hydrogen (secondary N) is 1. The Kier molecular flexibility index (Phi) is 12.9. The van der Waals surface area contributed by atoms with Gasteiger partial charge in [0.1, 0.15) is 5.78 Å². The molecule has 5 nitrogen and oxygen atoms in total. The molecule has 1 aliphatic carbocycles. The molecule has 39 heavy (non-hydrogen) atoms. The zero-order valence-electron chi connectivity index (χ0n) is 23.3. The normalized spacial score (nSPS) is 17.4. The van der Waals surface area contributed by atoms with Crippen LogP contribution in [0.2, 0.25) is 0 Å². The van der Waals surface area contributed by atoms with E-state index in [1.54, 1.807) is 43.5 Å². The van der Waals surface area contributed by atoms with Gasteiger partial charge in [0, 0.05) is 23.5 Å². The zero-order chi connectivity index (χ0) is 28.6. The Morgan fingerprint density at radius 1 is 0.974 bits per heavy atom. The third-order valence-corrected chi connectivity index (χ3v) is 5.89. The predicted molar refractivity (Wildman–Crippen MR) is 159 cm³/mol. The van der Waals surface area contributed by atoms with Crippen LogP contribution in [0.4, 0.5) is 0 Å². The van der Waals surface area contributed by atoms with Gasteiger partial charge in [-0.2, -0.15) is 0 Å². The standard InChI is InChI=1S/C34H37NO4/c1-6-15-33(38)39-23-13-8-7-12-22-35-32(30-17-10-9-11-18-30)24-31(27(4)36)34(28(5)37)26(3)29-19-14-16-25(2)20-21-29/h6-25,31,35H,1-5H3/b8-7+,15-6+,22-12+,23-13+,32-24+,34-26+. The molecular weight excluding hydrogens is 486 g/mol. The van der Waals surface area contributed by atoms with E-state index in [9.17, 15) is 14.4 Å². The first kappa shape index (κ1) is 30.7. The first-order chi connectivity index (χ1) is 18.7. The predicted octanol–water partition coefficient (Wildman–Crippen LogP) is 7.12. The number of benzene rings is 1. The third-order valence-electron chi connectivity index (χ3n) is 5.89. The molecule has 0 bridgehead atoms. The molecular formula is C34H37NO4. The van der Waals surface area contributed by atoms with Gasteiger partial charge in [-0.3, -0.25) is 9.59 Å². The first-order valence-electron chi connectivity index (χ1n) is 12.9. The molecule has 1 aromatic rings. The molecule has 0 saturated heterocycles. The minimum Gasteiger partial charge on any atom is -0.431 e. The van der Waals surface area contributed by atoms with Gasteiger partial charge in [-0.15, -0.1) is 0 Å². The van der Waals surface area contributed by atoms with Gasteiger partial charge in [-0.25, -0.2) is 4.79 Å². The molecule has 1 N–H and O–H groups in total. The molecule has 1 aromatic carbocycles. The number of allylic oxidation sites excluding steroid dienone is 14. The van der Waals surface area contributed by atoms with E-state index < -0.39 is 11.9 Å². The Morgan fingerprint density at radius 2 is 1.69 bits per heavy atom. The van der Waals surface area contributed by atoms with Crippen LogP contribution in [0, 0.1) is 11.8 Å². The van der Waals surface area contributed by atoms with E-state index in [-0.39, 0.29) is 17.5 Å². The third kappa shape index (κ3) is 10.4. The number of ketones is 2. The Morgan fingerprint density at radius 3 is 2.36 bits per heavy atom. The van der Waals surface area contributed by atoms with Crippen molar-refractivity contribution in [2.75, 3.05) is 0 Å². The number of carbonyl (C=O) groups is 3. The Balaban J connectivity index is 2.40. The Bertz CT molecular complexity index is 1300. The summed E-state index contributed by atoms with van der Waals surface area (Å²) >= 11 is 0. The molecule has 2 rings (SSSR count). The monoisotopic (exact) mass is 523 g/mol. The van der Waals surface area contributed by atoms with Crippen LogP contribution in [0.1, 0.15) is 40.2 Å². The lowest BCUT2D eigenvalue weighted by molar-refractivity contribution is -0.132. The van der Waals surface area contributed by atoms with Crippen LogP contribution in [0.25, 0.3) is 5.70 Å². The number of esters is 1. The first-order valence-corrected chi connectivity index (χ1v) is 12.9. The van der Waals surface area contributed by atoms with Crippen molar-refractivity contribution in [2.24, 2.45) is 11.8 Å². The van der Waals surface area contributed by atoms with Crippen molar-refractivity contribution in [1.82, 2.24) is 5.32 Å². The fraction of sp³-hybridized carbons (Fsp3) is 0.206. The van der Waals surface area contributed by atoms with E-state index in [2.05, 4.69) is 24.4 Å². The van der Waals surface area contributed by atoms with Gasteiger partial charge >= 0.3 is 5.97 Å². The molecule has 2 atom stereocenters. The Labute approximate surface area is 232 Å². The lowest BCUT2D eigenvalue weighted by Gasteiger charge is -2.19. The zero-order valence-corrected chi connectivity index (χ0v) is 23.3. The van der Waals surface area contributed by atoms with Crippen molar-refractivity contribution in [3.05, 3.63) is 138 Å². The minimum atomic E-state index is -0.733. The highest BCUT2D eigenvalue weighted by Gasteiger charge is 2.25. The maximum Gasteiger partial charge on any atom is 0.335 e. The lowest BCUT2D eigenvalue weighted by Crippen LogP contribution is -2.20. The largest absolute Gasteiger partial charge is 0.431 e. The summed E-state index contributed by atoms with van der Waals surface area (Å²) in [4.78, 5) is 37.2. The summed E-state index contributed by atoms with van der Waals surface area (Å²) in [5.74, 6) is -1.16. The number of rotatable bonds is 12. The smallest absolute Gasteiger partial charge is 0.335 e. The SMILES string of the molecule is C/C=C/C(=O)O/C=C/C=C/C=C/N/C(=C/C(C(C)=O)/C(C(C)=O)=C(\C)C1=CC=CC(C)C=C1)c1ccccc1. The number of carbonyl (C=O) groups excluding carboxylic acids is 3. The van der Waals surface area contributed by atoms with Gasteiger partial charge in [0.25, 0.3) is 0 Å². The van der Waals surface area contributed by atoms with Crippen LogP contribution in [0.5, 0.6) is 0 Å². The van der Waals surface area contributed by atoms with E-state index in [0.717, 1.165) is 16.7 Å². The van der Waals surface area contributed by atoms with E-state index in [4.69, 9.17) is 4.74 Å². The van der Waals surface area contributed by atoms with Gasteiger partial charge in [0.2, 0.25) is 0 Å². The van der Waals surface area contributed by atoms with Crippen molar-refractivity contribution in [3.8, 4) is 0 Å². The van der Waals surface area contributed by atoms with Gasteiger partial charge in [-0.05, 0) is 68.6 Å². The molecule has 0 heterocycles. The van der Waals surface area contributed by atoms with Crippen LogP contribution in [0.15, 0.2) is 132 Å². The van der Waals surface area contributed by atoms with Crippen LogP contribution in [0.3, 0.4) is 0 Å². The van der Waals surface area contributed by atoms with Crippen LogP contribution in [-0.4, -0.2) is 17.5 Å². The van der Waals surface area contributed by atoms with Crippen molar-refractivity contribution in [2.45, 2.75) is 34.6 Å². The van der Waals surface area contributed by atoms with Crippen molar-refractivity contribution >= 4 is 23.2 Å². The second kappa shape index (κ2) is 16.4. The molecule has 5 heteroatoms. The molecule has 0 fully saturated rings. The van der Waals surface area contributed by atoms with Gasteiger partial charge in [0.05, 0.1) is 12.2 Å². The second-order valence-corrected chi connectivity index (χ2v) is 9.01. The average molecular weight is 524 g/mol. The Hall–Kier alpha value is -4.51. The molecule has 2 unspecified atom stereocenters. The summed E-state index contributed by atoms with van der Waals surface area (Å²) in [5.41, 5.74) is 3.73. The molecule has 202 valence electrons. The summed E-state index contributed by atoms with van der Waals surface area (Å²) in [7, 11) is 0. The topological polar surface area (TPSA) is 72.5 Å². The molecule has 1 aliphatic rings. The second-order valence-electron chi connectivity index (χ2n) is 9.01. The molecule has 0 aliphatic heterocycles. The van der Waals surface area contributed by atoms with Gasteiger partial charge in [-0.1, -0.05) is 85.9 Å². The molecule has 0 amide bonds. The number of hydrogen-bond acceptors (Lipinski definition) is 5. The lowest BCUT2D eigenvalue weighted by atomic mass is 9.85. The molecule has 0 radical (unpaired) electrons. The van der Waals surface area contributed by atoms with Crippen LogP contribution < -0.4 is 5.32 Å². The van der Waals surface area contributed by atoms with E-state index >= 15 is 0 Å². The maximum atomic E-state index is 12.9. The van der Waals surface area contributed by atoms with Crippen LogP contribution >= 0.6 is 0 Å². The van der Waals surface area contributed by atoms with E-state index in [1.807, 2.05) is 61.6 Å². The van der Waals surface area contributed by atoms with Gasteiger partial charge < -0.3 is 10.1 Å². The average Bonchev–Trinajstić information content (AvgIpc) is 3.13. The summed E-state index contributed by atoms with van der Waals surface area (Å²) < 4.78 is 4.89. The summed E-state index contributed by atoms with van der Waals surface area (Å²) in [6.07, 6.45) is 24.8. The quantitative estimate of drug-likeness (QED) is 0.137. The molecule has 0 saturated carbocycles. The number of ether oxygens (including phenoxy) is 1. The minimum absolute atomic E-state index is 0.127. The molecule has 0 spiro atoms. The fourth-order valence-electron chi connectivity index (χ4n) is 3.90. The number of hydrogen-bond donors (Lipinski definition) is 1. The summed E-state index contributed by atoms with van der Waals surface area (Å²) in [6.45, 7) is 8.73. The van der Waals surface area contributed by atoms with Crippen molar-refractivity contribution in [1.29, 1.82) is 0 Å². The highest BCUT2D eigenvalue weighted by atomic mass is 16.5. The van der Waals surface area contributed by atoms with Crippen LogP contribution in [-0.2, 0) is 19.1 Å². The van der Waals surface area contributed by atoms with Crippen molar-refractivity contribution in [3.63, 3.8) is 0 Å². The van der Waals surface area contributed by atoms with E-state index in [1.165, 1.54) is 26.2 Å². The van der Waals surface area contributed by atoms with Crippen molar-refractivity contribution < 1.29 is 19.1 Å². The summed E-state index contributed by atoms with van der Waals surface area (Å²) in [5, 5.41) is 3.26.